The molecule has 0 heterocycles. The predicted molar refractivity (Wildman–Crippen MR) is 50.6 cm³/mol. The van der Waals surface area contributed by atoms with Crippen LogP contribution in [0.5, 0.6) is 0 Å². The molecular formula is C10H19KO. The number of hydrogen-bond donors (Lipinski definition) is 1. The van der Waals surface area contributed by atoms with Crippen LogP contribution in [0, 0.1) is 0 Å². The second kappa shape index (κ2) is 7.48. The third kappa shape index (κ3) is 9.17. The van der Waals surface area contributed by atoms with Gasteiger partial charge in [-0.05, 0) is 33.6 Å². The molecule has 1 N–H and O–H groups in total. The Labute approximate surface area is 120 Å². The molecule has 12 heavy (non-hydrogen) atoms. The van der Waals surface area contributed by atoms with Gasteiger partial charge < -0.3 is 6.53 Å². The van der Waals surface area contributed by atoms with Crippen molar-refractivity contribution in [2.45, 2.75) is 39.2 Å². The van der Waals surface area contributed by atoms with Crippen LogP contribution in [0.1, 0.15) is 35.0 Å². The zero-order chi connectivity index (χ0) is 8.91. The average molecular weight is 194 g/mol. The summed E-state index contributed by atoms with van der Waals surface area (Å²) in [6.45, 7) is 9.45. The van der Waals surface area contributed by atoms with Gasteiger partial charge in [-0.1, -0.05) is 17.7 Å². The van der Waals surface area contributed by atoms with E-state index in [0.717, 1.165) is 12.8 Å². The van der Waals surface area contributed by atoms with Crippen molar-refractivity contribution < 1.29 is 57.9 Å². The second-order valence-electron chi connectivity index (χ2n) is 3.38. The molecule has 66 valence electrons. The van der Waals surface area contributed by atoms with E-state index in [9.17, 15) is 5.11 Å². The van der Waals surface area contributed by atoms with Gasteiger partial charge >= 0.3 is 51.4 Å². The summed E-state index contributed by atoms with van der Waals surface area (Å²) in [5, 5.41) is 9.49. The fourth-order valence-corrected chi connectivity index (χ4v) is 0.755. The zero-order valence-corrected chi connectivity index (χ0v) is 11.8. The molecule has 0 aliphatic rings. The van der Waals surface area contributed by atoms with Crippen LogP contribution in [0.25, 0.3) is 0 Å². The van der Waals surface area contributed by atoms with E-state index in [4.69, 9.17) is 0 Å². The zero-order valence-electron chi connectivity index (χ0n) is 9.72. The molecule has 1 unspecified atom stereocenters. The molecule has 0 saturated carbocycles. The van der Waals surface area contributed by atoms with E-state index >= 15 is 0 Å². The van der Waals surface area contributed by atoms with Crippen molar-refractivity contribution in [2.24, 2.45) is 0 Å². The first-order valence-corrected chi connectivity index (χ1v) is 3.97. The Morgan fingerprint density at radius 3 is 2.42 bits per heavy atom. The molecule has 0 aliphatic carbocycles. The van der Waals surface area contributed by atoms with E-state index < -0.39 is 5.60 Å². The minimum atomic E-state index is -0.702. The van der Waals surface area contributed by atoms with Crippen LogP contribution < -0.4 is 51.4 Å². The van der Waals surface area contributed by atoms with Gasteiger partial charge in [-0.15, -0.1) is 6.58 Å². The fourth-order valence-electron chi connectivity index (χ4n) is 0.755. The van der Waals surface area contributed by atoms with Crippen LogP contribution in [0.3, 0.4) is 0 Å². The molecule has 1 atom stereocenters. The molecule has 0 aliphatic heterocycles. The summed E-state index contributed by atoms with van der Waals surface area (Å²) in [7, 11) is 0. The summed E-state index contributed by atoms with van der Waals surface area (Å²) in [5.41, 5.74) is 0.594. The van der Waals surface area contributed by atoms with Crippen LogP contribution in [0.15, 0.2) is 24.3 Å². The Balaban J connectivity index is -0.000000500. The molecule has 0 aromatic carbocycles. The van der Waals surface area contributed by atoms with Gasteiger partial charge in [0.15, 0.2) is 0 Å². The quantitative estimate of drug-likeness (QED) is 0.485. The van der Waals surface area contributed by atoms with Crippen LogP contribution in [-0.4, -0.2) is 10.7 Å². The maximum Gasteiger partial charge on any atom is 1.00 e. The monoisotopic (exact) mass is 194 g/mol. The summed E-state index contributed by atoms with van der Waals surface area (Å²) in [6, 6.07) is 0. The van der Waals surface area contributed by atoms with Crippen LogP contribution in [0.2, 0.25) is 0 Å². The third-order valence-electron chi connectivity index (χ3n) is 1.64. The third-order valence-corrected chi connectivity index (χ3v) is 1.64. The Bertz CT molecular complexity index is 160. The Hall–Kier alpha value is 1.08. The van der Waals surface area contributed by atoms with Gasteiger partial charge in [0.25, 0.3) is 0 Å². The molecule has 2 heteroatoms. The summed E-state index contributed by atoms with van der Waals surface area (Å²) >= 11 is 0. The van der Waals surface area contributed by atoms with Gasteiger partial charge in [-0.25, -0.2) is 0 Å². The maximum atomic E-state index is 9.49. The standard InChI is InChI=1S/C10H18O.K.H/c1-5-10(4,11)8-6-7-9(2)3;;/h5,7,11H,1,6,8H2,2-4H3;;/q;+1;-1. The minimum Gasteiger partial charge on any atom is -1.00 e. The molecule has 1 nitrogen and oxygen atoms in total. The van der Waals surface area contributed by atoms with Crippen LogP contribution in [-0.2, 0) is 0 Å². The Morgan fingerprint density at radius 2 is 2.08 bits per heavy atom. The maximum absolute atomic E-state index is 9.49. The first-order valence-electron chi connectivity index (χ1n) is 3.97. The molecule has 0 amide bonds. The summed E-state index contributed by atoms with van der Waals surface area (Å²) in [4.78, 5) is 0. The SMILES string of the molecule is C=CC(C)(O)CCC=C(C)C.[H-].[K+]. The second-order valence-corrected chi connectivity index (χ2v) is 3.38. The fraction of sp³-hybridized carbons (Fsp3) is 0.600. The molecule has 0 bridgehead atoms. The number of aliphatic hydroxyl groups is 1. The van der Waals surface area contributed by atoms with Crippen molar-refractivity contribution in [1.82, 2.24) is 0 Å². The molecule has 0 spiro atoms. The van der Waals surface area contributed by atoms with E-state index in [2.05, 4.69) is 26.5 Å². The van der Waals surface area contributed by atoms with E-state index in [1.807, 2.05) is 0 Å². The topological polar surface area (TPSA) is 20.2 Å². The first-order chi connectivity index (χ1) is 4.98. The van der Waals surface area contributed by atoms with Crippen molar-refractivity contribution >= 4 is 0 Å². The van der Waals surface area contributed by atoms with Gasteiger partial charge in [0.1, 0.15) is 0 Å². The van der Waals surface area contributed by atoms with Gasteiger partial charge in [-0.3, -0.25) is 0 Å². The number of rotatable bonds is 4. The summed E-state index contributed by atoms with van der Waals surface area (Å²) in [6.07, 6.45) is 5.38. The molecule has 0 aromatic heterocycles. The number of hydrogen-bond acceptors (Lipinski definition) is 1. The van der Waals surface area contributed by atoms with Crippen molar-refractivity contribution in [3.05, 3.63) is 24.3 Å². The molecule has 0 saturated heterocycles. The predicted octanol–water partition coefficient (Wildman–Crippen LogP) is -0.214. The van der Waals surface area contributed by atoms with E-state index in [1.165, 1.54) is 5.57 Å². The molecule has 0 rings (SSSR count). The molecule has 0 radical (unpaired) electrons. The smallest absolute Gasteiger partial charge is 1.00 e. The molecule has 0 fully saturated rings. The molecular weight excluding hydrogens is 175 g/mol. The van der Waals surface area contributed by atoms with E-state index in [-0.39, 0.29) is 52.8 Å². The average Bonchev–Trinajstić information content (AvgIpc) is 1.87. The normalized spacial score (nSPS) is 14.0. The van der Waals surface area contributed by atoms with Gasteiger partial charge in [0.05, 0.1) is 5.60 Å². The van der Waals surface area contributed by atoms with Gasteiger partial charge in [0, 0.05) is 0 Å². The van der Waals surface area contributed by atoms with Crippen molar-refractivity contribution in [1.29, 1.82) is 0 Å². The van der Waals surface area contributed by atoms with Crippen LogP contribution in [0.4, 0.5) is 0 Å². The summed E-state index contributed by atoms with van der Waals surface area (Å²) < 4.78 is 0. The molecule has 0 aromatic rings. The number of allylic oxidation sites excluding steroid dienone is 2. The van der Waals surface area contributed by atoms with Crippen molar-refractivity contribution in [3.8, 4) is 0 Å². The Morgan fingerprint density at radius 1 is 1.58 bits per heavy atom. The van der Waals surface area contributed by atoms with Crippen LogP contribution >= 0.6 is 0 Å². The van der Waals surface area contributed by atoms with Gasteiger partial charge in [0.2, 0.25) is 0 Å². The first kappa shape index (κ1) is 15.5. The largest absolute Gasteiger partial charge is 1.00 e. The van der Waals surface area contributed by atoms with Crippen molar-refractivity contribution in [2.75, 3.05) is 0 Å². The minimum absolute atomic E-state index is 0. The van der Waals surface area contributed by atoms with Crippen molar-refractivity contribution in [3.63, 3.8) is 0 Å². The van der Waals surface area contributed by atoms with Gasteiger partial charge in [-0.2, -0.15) is 0 Å². The Kier molecular flexibility index (Phi) is 9.69. The van der Waals surface area contributed by atoms with E-state index in [1.54, 1.807) is 13.0 Å². The van der Waals surface area contributed by atoms with E-state index in [0.29, 0.717) is 0 Å². The summed E-state index contributed by atoms with van der Waals surface area (Å²) in [5.74, 6) is 0.